The molecule has 2 aliphatic carbocycles. The first kappa shape index (κ1) is 17.1. The van der Waals surface area contributed by atoms with Crippen LogP contribution < -0.4 is 0 Å². The fourth-order valence-corrected chi connectivity index (χ4v) is 3.81. The maximum atomic E-state index is 13.2. The summed E-state index contributed by atoms with van der Waals surface area (Å²) >= 11 is 0. The van der Waals surface area contributed by atoms with Crippen LogP contribution in [0, 0.1) is 17.2 Å². The number of hydrogen-bond acceptors (Lipinski definition) is 5. The van der Waals surface area contributed by atoms with E-state index in [4.69, 9.17) is 9.78 Å². The average molecular weight is 366 g/mol. The Morgan fingerprint density at radius 1 is 1.38 bits per heavy atom. The van der Waals surface area contributed by atoms with Crippen LogP contribution in [0.2, 0.25) is 0 Å². The molecular weight excluding hydrogens is 349 g/mol. The van der Waals surface area contributed by atoms with Crippen molar-refractivity contribution in [3.8, 4) is 17.4 Å². The second kappa shape index (κ2) is 5.33. The summed E-state index contributed by atoms with van der Waals surface area (Å²) in [7, 11) is 0. The van der Waals surface area contributed by atoms with Gasteiger partial charge >= 0.3 is 6.18 Å². The molecular formula is C17H17F3N4O2. The normalized spacial score (nSPS) is 27.0. The predicted molar refractivity (Wildman–Crippen MR) is 82.8 cm³/mol. The first-order valence-electron chi connectivity index (χ1n) is 8.40. The van der Waals surface area contributed by atoms with Crippen LogP contribution in [0.1, 0.15) is 55.6 Å². The number of fused-ring (bicyclic) bond motifs is 3. The molecule has 9 heteroatoms. The van der Waals surface area contributed by atoms with Gasteiger partial charge in [0.2, 0.25) is 5.60 Å². The van der Waals surface area contributed by atoms with Crippen LogP contribution in [-0.4, -0.2) is 26.2 Å². The smallest absolute Gasteiger partial charge is 0.375 e. The molecule has 0 radical (unpaired) electrons. The maximum Gasteiger partial charge on any atom is 0.422 e. The van der Waals surface area contributed by atoms with E-state index in [-0.39, 0.29) is 29.2 Å². The van der Waals surface area contributed by atoms with Crippen LogP contribution in [0.25, 0.3) is 11.3 Å². The molecule has 2 heterocycles. The molecule has 2 aromatic rings. The Balaban J connectivity index is 1.76. The number of aromatic nitrogens is 3. The Bertz CT molecular complexity index is 900. The van der Waals surface area contributed by atoms with Gasteiger partial charge in [0.15, 0.2) is 5.76 Å². The van der Waals surface area contributed by atoms with Gasteiger partial charge in [0.25, 0.3) is 0 Å². The molecule has 2 aromatic heterocycles. The van der Waals surface area contributed by atoms with Gasteiger partial charge in [-0.1, -0.05) is 12.1 Å². The molecule has 0 bridgehead atoms. The second-order valence-corrected chi connectivity index (χ2v) is 7.35. The summed E-state index contributed by atoms with van der Waals surface area (Å²) in [6.07, 6.45) is -1.39. The minimum Gasteiger partial charge on any atom is -0.375 e. The van der Waals surface area contributed by atoms with Crippen molar-refractivity contribution < 1.29 is 22.8 Å². The SMILES string of the molecule is C[C@@H]1Cc2c(cnn2C2CC(C#N)C2)-c2onc([C@](C)(O)C(F)(F)F)c21. The van der Waals surface area contributed by atoms with E-state index < -0.39 is 17.5 Å². The number of hydrogen-bond donors (Lipinski definition) is 1. The van der Waals surface area contributed by atoms with Gasteiger partial charge in [0, 0.05) is 5.56 Å². The number of halogens is 3. The van der Waals surface area contributed by atoms with E-state index in [9.17, 15) is 18.3 Å². The predicted octanol–water partition coefficient (Wildman–Crippen LogP) is 3.44. The van der Waals surface area contributed by atoms with E-state index in [2.05, 4.69) is 16.3 Å². The Morgan fingerprint density at radius 2 is 2.08 bits per heavy atom. The molecule has 0 saturated heterocycles. The van der Waals surface area contributed by atoms with Crippen LogP contribution in [0.5, 0.6) is 0 Å². The molecule has 2 aliphatic rings. The molecule has 1 fully saturated rings. The molecule has 26 heavy (non-hydrogen) atoms. The van der Waals surface area contributed by atoms with E-state index in [1.165, 1.54) is 0 Å². The Kier molecular flexibility index (Phi) is 3.50. The fourth-order valence-electron chi connectivity index (χ4n) is 3.81. The average Bonchev–Trinajstić information content (AvgIpc) is 3.10. The largest absolute Gasteiger partial charge is 0.422 e. The lowest BCUT2D eigenvalue weighted by atomic mass is 9.79. The van der Waals surface area contributed by atoms with Crippen molar-refractivity contribution in [1.29, 1.82) is 5.26 Å². The number of nitriles is 1. The monoisotopic (exact) mass is 366 g/mol. The third-order valence-corrected chi connectivity index (χ3v) is 5.52. The Morgan fingerprint density at radius 3 is 2.69 bits per heavy atom. The van der Waals surface area contributed by atoms with Gasteiger partial charge in [-0.05, 0) is 32.1 Å². The summed E-state index contributed by atoms with van der Waals surface area (Å²) in [6, 6.07) is 2.35. The second-order valence-electron chi connectivity index (χ2n) is 7.35. The molecule has 0 unspecified atom stereocenters. The van der Waals surface area contributed by atoms with Gasteiger partial charge in [-0.25, -0.2) is 0 Å². The molecule has 2 atom stereocenters. The number of nitrogens with zero attached hydrogens (tertiary/aromatic N) is 4. The van der Waals surface area contributed by atoms with Gasteiger partial charge < -0.3 is 9.63 Å². The molecule has 1 saturated carbocycles. The van der Waals surface area contributed by atoms with Crippen molar-refractivity contribution in [3.05, 3.63) is 23.1 Å². The van der Waals surface area contributed by atoms with Crippen LogP contribution in [0.4, 0.5) is 13.2 Å². The van der Waals surface area contributed by atoms with Crippen molar-refractivity contribution >= 4 is 0 Å². The lowest BCUT2D eigenvalue weighted by Gasteiger charge is -2.33. The first-order chi connectivity index (χ1) is 12.1. The van der Waals surface area contributed by atoms with Crippen molar-refractivity contribution in [2.45, 2.75) is 56.8 Å². The van der Waals surface area contributed by atoms with Crippen LogP contribution in [0.15, 0.2) is 10.7 Å². The lowest BCUT2D eigenvalue weighted by molar-refractivity contribution is -0.261. The maximum absolute atomic E-state index is 13.2. The van der Waals surface area contributed by atoms with Crippen molar-refractivity contribution in [3.63, 3.8) is 0 Å². The fraction of sp³-hybridized carbons (Fsp3) is 0.588. The minimum absolute atomic E-state index is 0.0233. The summed E-state index contributed by atoms with van der Waals surface area (Å²) in [4.78, 5) is 0. The summed E-state index contributed by atoms with van der Waals surface area (Å²) in [5.74, 6) is -0.0502. The molecule has 0 aromatic carbocycles. The highest BCUT2D eigenvalue weighted by Crippen LogP contribution is 2.49. The third kappa shape index (κ3) is 2.21. The lowest BCUT2D eigenvalue weighted by Crippen LogP contribution is -2.40. The topological polar surface area (TPSA) is 87.9 Å². The highest BCUT2D eigenvalue weighted by Gasteiger charge is 2.55. The number of aliphatic hydroxyl groups is 1. The Labute approximate surface area is 147 Å². The van der Waals surface area contributed by atoms with Crippen molar-refractivity contribution in [2.75, 3.05) is 0 Å². The van der Waals surface area contributed by atoms with Crippen LogP contribution >= 0.6 is 0 Å². The zero-order valence-electron chi connectivity index (χ0n) is 14.2. The molecule has 4 rings (SSSR count). The van der Waals surface area contributed by atoms with E-state index in [1.807, 2.05) is 4.68 Å². The summed E-state index contributed by atoms with van der Waals surface area (Å²) in [5.41, 5.74) is -1.81. The Hall–Kier alpha value is -2.34. The molecule has 6 nitrogen and oxygen atoms in total. The number of alkyl halides is 3. The number of rotatable bonds is 2. The third-order valence-electron chi connectivity index (χ3n) is 5.52. The summed E-state index contributed by atoms with van der Waals surface area (Å²) < 4.78 is 46.8. The van der Waals surface area contributed by atoms with Gasteiger partial charge in [0.1, 0.15) is 5.69 Å². The standard InChI is InChI=1S/C17H17F3N4O2/c1-8-3-12-11(7-22-24(12)10-4-9(5-10)6-21)14-13(8)15(23-26-14)16(2,25)17(18,19)20/h7-10,25H,3-5H2,1-2H3/t8-,9?,10?,16+/m1/s1. The minimum atomic E-state index is -4.86. The summed E-state index contributed by atoms with van der Waals surface area (Å²) in [5, 5.41) is 26.9. The van der Waals surface area contributed by atoms with E-state index in [0.29, 0.717) is 18.9 Å². The van der Waals surface area contributed by atoms with Crippen molar-refractivity contribution in [2.24, 2.45) is 5.92 Å². The molecule has 138 valence electrons. The van der Waals surface area contributed by atoms with Gasteiger partial charge in [-0.15, -0.1) is 0 Å². The zero-order chi connectivity index (χ0) is 18.9. The highest BCUT2D eigenvalue weighted by atomic mass is 19.4. The molecule has 1 N–H and O–H groups in total. The van der Waals surface area contributed by atoms with Gasteiger partial charge in [-0.3, -0.25) is 4.68 Å². The summed E-state index contributed by atoms with van der Waals surface area (Å²) in [6.45, 7) is 2.47. The molecule has 0 aliphatic heterocycles. The van der Waals surface area contributed by atoms with Crippen molar-refractivity contribution in [1.82, 2.24) is 14.9 Å². The van der Waals surface area contributed by atoms with Gasteiger partial charge in [0.05, 0.1) is 35.5 Å². The zero-order valence-corrected chi connectivity index (χ0v) is 14.2. The quantitative estimate of drug-likeness (QED) is 0.880. The van der Waals surface area contributed by atoms with E-state index in [1.54, 1.807) is 13.1 Å². The van der Waals surface area contributed by atoms with Crippen LogP contribution in [0.3, 0.4) is 0 Å². The first-order valence-corrected chi connectivity index (χ1v) is 8.40. The molecule has 0 amide bonds. The van der Waals surface area contributed by atoms with Gasteiger partial charge in [-0.2, -0.15) is 23.5 Å². The van der Waals surface area contributed by atoms with E-state index >= 15 is 0 Å². The highest BCUT2D eigenvalue weighted by molar-refractivity contribution is 5.68. The van der Waals surface area contributed by atoms with E-state index in [0.717, 1.165) is 18.5 Å². The van der Waals surface area contributed by atoms with Crippen LogP contribution in [-0.2, 0) is 12.0 Å². The molecule has 0 spiro atoms.